The molecule has 1 aliphatic rings. The predicted octanol–water partition coefficient (Wildman–Crippen LogP) is 1.33. The van der Waals surface area contributed by atoms with E-state index >= 15 is 0 Å². The molecule has 0 saturated carbocycles. The summed E-state index contributed by atoms with van der Waals surface area (Å²) < 4.78 is 5.29. The number of nitrogens with zero attached hydrogens (tertiary/aromatic N) is 1. The van der Waals surface area contributed by atoms with Crippen LogP contribution in [0.3, 0.4) is 0 Å². The van der Waals surface area contributed by atoms with E-state index in [-0.39, 0.29) is 5.84 Å². The molecule has 1 aromatic rings. The number of hydrogen-bond donors (Lipinski definition) is 3. The van der Waals surface area contributed by atoms with Crippen LogP contribution in [-0.2, 0) is 6.54 Å². The molecular formula is C15H23N3O2. The Morgan fingerprint density at radius 3 is 2.65 bits per heavy atom. The van der Waals surface area contributed by atoms with Crippen molar-refractivity contribution < 1.29 is 9.84 Å². The summed E-state index contributed by atoms with van der Waals surface area (Å²) in [5.74, 6) is 0.654. The maximum atomic E-state index is 9.95. The molecule has 0 atom stereocenters. The first-order valence-corrected chi connectivity index (χ1v) is 6.87. The number of aliphatic hydroxyl groups is 1. The molecule has 0 bridgehead atoms. The fraction of sp³-hybridized carbons (Fsp3) is 0.533. The average Bonchev–Trinajstić information content (AvgIpc) is 2.40. The highest BCUT2D eigenvalue weighted by Gasteiger charge is 2.27. The van der Waals surface area contributed by atoms with Gasteiger partial charge in [0, 0.05) is 19.6 Å². The van der Waals surface area contributed by atoms with E-state index in [0.717, 1.165) is 38.0 Å². The maximum Gasteiger partial charge on any atom is 0.130 e. The zero-order chi connectivity index (χ0) is 14.8. The summed E-state index contributed by atoms with van der Waals surface area (Å²) in [6.45, 7) is 4.51. The number of piperidine rings is 1. The molecule has 0 radical (unpaired) electrons. The van der Waals surface area contributed by atoms with Crippen LogP contribution in [-0.4, -0.2) is 41.6 Å². The van der Waals surface area contributed by atoms with E-state index in [1.165, 1.54) is 0 Å². The summed E-state index contributed by atoms with van der Waals surface area (Å²) in [4.78, 5) is 2.32. The topological polar surface area (TPSA) is 82.6 Å². The van der Waals surface area contributed by atoms with Gasteiger partial charge >= 0.3 is 0 Å². The van der Waals surface area contributed by atoms with Crippen molar-refractivity contribution in [3.8, 4) is 5.75 Å². The van der Waals surface area contributed by atoms with Gasteiger partial charge in [0.15, 0.2) is 0 Å². The van der Waals surface area contributed by atoms with Gasteiger partial charge in [-0.15, -0.1) is 0 Å². The maximum absolute atomic E-state index is 9.95. The molecule has 5 nitrogen and oxygen atoms in total. The summed E-state index contributed by atoms with van der Waals surface area (Å²) in [6, 6.07) is 5.74. The molecule has 1 fully saturated rings. The standard InChI is InChI=1S/C15H23N3O2/c1-15(19)5-7-18(8-6-15)10-11-3-4-12(14(16)17)13(9-11)20-2/h3-4,9,19H,5-8,10H2,1-2H3,(H3,16,17). The first kappa shape index (κ1) is 14.8. The van der Waals surface area contributed by atoms with Crippen molar-refractivity contribution in [1.29, 1.82) is 5.41 Å². The van der Waals surface area contributed by atoms with Crippen LogP contribution in [0.4, 0.5) is 0 Å². The van der Waals surface area contributed by atoms with Crippen molar-refractivity contribution in [2.24, 2.45) is 5.73 Å². The van der Waals surface area contributed by atoms with Gasteiger partial charge < -0.3 is 15.6 Å². The van der Waals surface area contributed by atoms with E-state index in [1.54, 1.807) is 7.11 Å². The van der Waals surface area contributed by atoms with Gasteiger partial charge in [0.2, 0.25) is 0 Å². The molecule has 0 aromatic heterocycles. The Labute approximate surface area is 119 Å². The Bertz CT molecular complexity index is 490. The van der Waals surface area contributed by atoms with Gasteiger partial charge in [-0.05, 0) is 37.5 Å². The minimum absolute atomic E-state index is 0.0161. The SMILES string of the molecule is COc1cc(CN2CCC(C)(O)CC2)ccc1C(=N)N. The van der Waals surface area contributed by atoms with Gasteiger partial charge in [0.25, 0.3) is 0 Å². The predicted molar refractivity (Wildman–Crippen MR) is 79.1 cm³/mol. The lowest BCUT2D eigenvalue weighted by molar-refractivity contribution is -0.00731. The minimum atomic E-state index is -0.521. The molecule has 20 heavy (non-hydrogen) atoms. The van der Waals surface area contributed by atoms with Crippen molar-refractivity contribution in [2.45, 2.75) is 31.9 Å². The lowest BCUT2D eigenvalue weighted by atomic mass is 9.93. The van der Waals surface area contributed by atoms with Crippen LogP contribution in [0.25, 0.3) is 0 Å². The number of nitrogen functional groups attached to an aromatic ring is 1. The van der Waals surface area contributed by atoms with Crippen LogP contribution >= 0.6 is 0 Å². The first-order chi connectivity index (χ1) is 9.41. The van der Waals surface area contributed by atoms with E-state index in [9.17, 15) is 5.11 Å². The number of nitrogens with one attached hydrogen (secondary N) is 1. The quantitative estimate of drug-likeness (QED) is 0.572. The first-order valence-electron chi connectivity index (χ1n) is 6.87. The third-order valence-electron chi connectivity index (χ3n) is 3.90. The van der Waals surface area contributed by atoms with E-state index in [4.69, 9.17) is 15.9 Å². The van der Waals surface area contributed by atoms with E-state index in [0.29, 0.717) is 11.3 Å². The molecule has 0 unspecified atom stereocenters. The largest absolute Gasteiger partial charge is 0.496 e. The second kappa shape index (κ2) is 5.81. The highest BCUT2D eigenvalue weighted by Crippen LogP contribution is 2.24. The normalized spacial score (nSPS) is 18.8. The molecule has 0 amide bonds. The smallest absolute Gasteiger partial charge is 0.130 e. The Balaban J connectivity index is 2.05. The lowest BCUT2D eigenvalue weighted by Gasteiger charge is -2.35. The van der Waals surface area contributed by atoms with Gasteiger partial charge in [0.05, 0.1) is 18.3 Å². The zero-order valence-corrected chi connectivity index (χ0v) is 12.1. The van der Waals surface area contributed by atoms with Crippen LogP contribution in [0.1, 0.15) is 30.9 Å². The second-order valence-corrected chi connectivity index (χ2v) is 5.72. The molecular weight excluding hydrogens is 254 g/mol. The number of nitrogens with two attached hydrogens (primary N) is 1. The Kier molecular flexibility index (Phi) is 4.30. The Morgan fingerprint density at radius 2 is 2.10 bits per heavy atom. The molecule has 2 rings (SSSR count). The minimum Gasteiger partial charge on any atom is -0.496 e. The summed E-state index contributed by atoms with van der Waals surface area (Å²) in [5.41, 5.74) is 6.75. The van der Waals surface area contributed by atoms with Crippen LogP contribution in [0, 0.1) is 5.41 Å². The summed E-state index contributed by atoms with van der Waals surface area (Å²) in [7, 11) is 1.59. The Morgan fingerprint density at radius 1 is 1.45 bits per heavy atom. The third kappa shape index (κ3) is 3.49. The number of methoxy groups -OCH3 is 1. The fourth-order valence-corrected chi connectivity index (χ4v) is 2.51. The molecule has 5 heteroatoms. The second-order valence-electron chi connectivity index (χ2n) is 5.72. The highest BCUT2D eigenvalue weighted by molar-refractivity contribution is 5.97. The molecule has 4 N–H and O–H groups in total. The van der Waals surface area contributed by atoms with Crippen LogP contribution in [0.5, 0.6) is 5.75 Å². The molecule has 1 aliphatic heterocycles. The zero-order valence-electron chi connectivity index (χ0n) is 12.1. The van der Waals surface area contributed by atoms with Crippen LogP contribution < -0.4 is 10.5 Å². The average molecular weight is 277 g/mol. The highest BCUT2D eigenvalue weighted by atomic mass is 16.5. The van der Waals surface area contributed by atoms with Crippen molar-refractivity contribution >= 4 is 5.84 Å². The summed E-state index contributed by atoms with van der Waals surface area (Å²) in [5, 5.41) is 17.5. The van der Waals surface area contributed by atoms with Crippen molar-refractivity contribution in [3.63, 3.8) is 0 Å². The van der Waals surface area contributed by atoms with Crippen LogP contribution in [0.2, 0.25) is 0 Å². The molecule has 1 heterocycles. The number of rotatable bonds is 4. The Hall–Kier alpha value is -1.59. The molecule has 1 saturated heterocycles. The summed E-state index contributed by atoms with van der Waals surface area (Å²) in [6.07, 6.45) is 1.60. The van der Waals surface area contributed by atoms with E-state index in [2.05, 4.69) is 4.90 Å². The van der Waals surface area contributed by atoms with Crippen molar-refractivity contribution in [1.82, 2.24) is 4.90 Å². The number of benzene rings is 1. The summed E-state index contributed by atoms with van der Waals surface area (Å²) >= 11 is 0. The molecule has 1 aromatic carbocycles. The lowest BCUT2D eigenvalue weighted by Crippen LogP contribution is -2.41. The van der Waals surface area contributed by atoms with Gasteiger partial charge in [-0.2, -0.15) is 0 Å². The molecule has 110 valence electrons. The third-order valence-corrected chi connectivity index (χ3v) is 3.90. The van der Waals surface area contributed by atoms with E-state index in [1.807, 2.05) is 25.1 Å². The van der Waals surface area contributed by atoms with Gasteiger partial charge in [0.1, 0.15) is 11.6 Å². The number of likely N-dealkylation sites (tertiary alicyclic amines) is 1. The van der Waals surface area contributed by atoms with Gasteiger partial charge in [-0.25, -0.2) is 0 Å². The monoisotopic (exact) mass is 277 g/mol. The molecule has 0 spiro atoms. The van der Waals surface area contributed by atoms with Crippen molar-refractivity contribution in [3.05, 3.63) is 29.3 Å². The van der Waals surface area contributed by atoms with Crippen molar-refractivity contribution in [2.75, 3.05) is 20.2 Å². The van der Waals surface area contributed by atoms with Gasteiger partial charge in [-0.1, -0.05) is 6.07 Å². The number of amidine groups is 1. The number of ether oxygens (including phenoxy) is 1. The molecule has 0 aliphatic carbocycles. The van der Waals surface area contributed by atoms with E-state index < -0.39 is 5.60 Å². The fourth-order valence-electron chi connectivity index (χ4n) is 2.51. The van der Waals surface area contributed by atoms with Crippen LogP contribution in [0.15, 0.2) is 18.2 Å². The number of hydrogen-bond acceptors (Lipinski definition) is 4. The van der Waals surface area contributed by atoms with Gasteiger partial charge in [-0.3, -0.25) is 10.3 Å².